The van der Waals surface area contributed by atoms with Crippen LogP contribution in [0.5, 0.6) is 0 Å². The Morgan fingerprint density at radius 2 is 2.11 bits per heavy atom. The topological polar surface area (TPSA) is 38.3 Å². The maximum atomic E-state index is 13.1. The first-order valence-corrected chi connectivity index (χ1v) is 10.8. The molecule has 27 heavy (non-hydrogen) atoms. The largest absolute Gasteiger partial charge is 0.469 e. The molecule has 0 radical (unpaired) electrons. The molecule has 0 amide bonds. The van der Waals surface area contributed by atoms with Crippen molar-refractivity contribution in [2.24, 2.45) is 17.3 Å². The molecule has 3 spiro atoms. The number of nitrogens with one attached hydrogen (secondary N) is 1. The molecule has 2 saturated heterocycles. The number of carbonyl (C=O) groups excluding carboxylic acids is 1. The van der Waals surface area contributed by atoms with E-state index in [4.69, 9.17) is 4.74 Å². The van der Waals surface area contributed by atoms with Gasteiger partial charge in [0.2, 0.25) is 0 Å². The van der Waals surface area contributed by atoms with Gasteiger partial charge in [0, 0.05) is 17.5 Å². The third kappa shape index (κ3) is 1.38. The summed E-state index contributed by atoms with van der Waals surface area (Å²) < 4.78 is 6.66. The zero-order valence-corrected chi connectivity index (χ0v) is 16.8. The lowest BCUT2D eigenvalue weighted by atomic mass is 9.56. The summed E-state index contributed by atoms with van der Waals surface area (Å²) in [5.41, 5.74) is 2.94. The highest BCUT2D eigenvalue weighted by Crippen LogP contribution is 2.81. The van der Waals surface area contributed by atoms with Gasteiger partial charge in [0.05, 0.1) is 43.6 Å². The number of hydrogen-bond acceptors (Lipinski definition) is 3. The lowest BCUT2D eigenvalue weighted by molar-refractivity contribution is -0.952. The van der Waals surface area contributed by atoms with Crippen molar-refractivity contribution < 1.29 is 14.0 Å². The molecule has 4 fully saturated rings. The van der Waals surface area contributed by atoms with Crippen LogP contribution in [0.4, 0.5) is 5.69 Å². The predicted octanol–water partition coefficient (Wildman–Crippen LogP) is 3.32. The van der Waals surface area contributed by atoms with Crippen molar-refractivity contribution in [1.29, 1.82) is 0 Å². The molecule has 4 heteroatoms. The number of piperidine rings is 1. The Bertz CT molecular complexity index is 855. The van der Waals surface area contributed by atoms with Crippen molar-refractivity contribution in [2.45, 2.75) is 56.5 Å². The first-order chi connectivity index (χ1) is 13.0. The van der Waals surface area contributed by atoms with E-state index in [2.05, 4.69) is 43.4 Å². The summed E-state index contributed by atoms with van der Waals surface area (Å²) in [5.74, 6) is 0.469. The van der Waals surface area contributed by atoms with Gasteiger partial charge in [0.1, 0.15) is 6.04 Å². The zero-order chi connectivity index (χ0) is 18.7. The minimum absolute atomic E-state index is 0.00364. The van der Waals surface area contributed by atoms with Crippen LogP contribution in [0, 0.1) is 17.3 Å². The number of hydrogen-bond donors (Lipinski definition) is 1. The standard InChI is InChI=1S/C23H31N2O2/c1-4-25-12-7-10-21-14-17(19(26)27-3)23(15(21)2)22(11-13-25,20(21)25)16-8-5-6-9-18(16)24-23/h5-6,8-9,15,17,20,24H,4,7,10-14H2,1-3H3/q+1/t15?,17?,20?,21-,22?,23+,25?/m1/s1. The number of quaternary nitrogens is 1. The van der Waals surface area contributed by atoms with Crippen LogP contribution in [0.3, 0.4) is 0 Å². The van der Waals surface area contributed by atoms with Crippen LogP contribution in [0.2, 0.25) is 0 Å². The van der Waals surface area contributed by atoms with Gasteiger partial charge in [-0.25, -0.2) is 0 Å². The molecule has 3 aliphatic heterocycles. The van der Waals surface area contributed by atoms with Crippen molar-refractivity contribution in [3.63, 3.8) is 0 Å². The quantitative estimate of drug-likeness (QED) is 0.644. The van der Waals surface area contributed by atoms with E-state index >= 15 is 0 Å². The third-order valence-electron chi connectivity index (χ3n) is 10.0. The Labute approximate surface area is 161 Å². The maximum Gasteiger partial charge on any atom is 0.311 e. The molecular weight excluding hydrogens is 336 g/mol. The zero-order valence-electron chi connectivity index (χ0n) is 16.8. The van der Waals surface area contributed by atoms with E-state index in [1.54, 1.807) is 7.11 Å². The van der Waals surface area contributed by atoms with Gasteiger partial charge in [-0.05, 0) is 43.7 Å². The summed E-state index contributed by atoms with van der Waals surface area (Å²) in [5, 5.41) is 4.02. The summed E-state index contributed by atoms with van der Waals surface area (Å²) >= 11 is 0. The number of anilines is 1. The van der Waals surface area contributed by atoms with Crippen LogP contribution in [0.25, 0.3) is 0 Å². The van der Waals surface area contributed by atoms with Crippen LogP contribution < -0.4 is 5.32 Å². The van der Waals surface area contributed by atoms with Gasteiger partial charge >= 0.3 is 5.97 Å². The van der Waals surface area contributed by atoms with Crippen molar-refractivity contribution in [3.8, 4) is 0 Å². The van der Waals surface area contributed by atoms with E-state index in [1.165, 1.54) is 54.6 Å². The highest BCUT2D eigenvalue weighted by atomic mass is 16.5. The van der Waals surface area contributed by atoms with Crippen LogP contribution >= 0.6 is 0 Å². The summed E-state index contributed by atoms with van der Waals surface area (Å²) in [7, 11) is 1.57. The molecular formula is C23H31N2O2+. The van der Waals surface area contributed by atoms with Gasteiger partial charge in [-0.15, -0.1) is 0 Å². The van der Waals surface area contributed by atoms with Gasteiger partial charge in [-0.2, -0.15) is 0 Å². The number of methoxy groups -OCH3 is 1. The summed E-state index contributed by atoms with van der Waals surface area (Å²) in [6.07, 6.45) is 4.79. The van der Waals surface area contributed by atoms with Crippen LogP contribution in [0.15, 0.2) is 24.3 Å². The molecule has 5 unspecified atom stereocenters. The maximum absolute atomic E-state index is 13.1. The molecule has 0 aromatic heterocycles. The van der Waals surface area contributed by atoms with Gasteiger partial charge in [-0.1, -0.05) is 25.1 Å². The van der Waals surface area contributed by atoms with E-state index in [9.17, 15) is 4.79 Å². The van der Waals surface area contributed by atoms with Crippen molar-refractivity contribution in [3.05, 3.63) is 29.8 Å². The molecule has 5 aliphatic rings. The lowest BCUT2D eigenvalue weighted by Gasteiger charge is -2.55. The number of para-hydroxylation sites is 1. The second-order valence-electron chi connectivity index (χ2n) is 9.98. The molecule has 2 saturated carbocycles. The highest BCUT2D eigenvalue weighted by Gasteiger charge is 2.90. The first-order valence-electron chi connectivity index (χ1n) is 10.8. The summed E-state index contributed by atoms with van der Waals surface area (Å²) in [6.45, 7) is 8.66. The Balaban J connectivity index is 1.68. The Kier molecular flexibility index (Phi) is 2.86. The molecule has 2 aliphatic carbocycles. The minimum Gasteiger partial charge on any atom is -0.469 e. The number of esters is 1. The normalized spacial score (nSPS) is 50.7. The Hall–Kier alpha value is -1.55. The molecule has 1 N–H and O–H groups in total. The van der Waals surface area contributed by atoms with E-state index in [0.29, 0.717) is 12.0 Å². The average Bonchev–Trinajstić information content (AvgIpc) is 3.34. The smallest absolute Gasteiger partial charge is 0.311 e. The number of ether oxygens (including phenoxy) is 1. The minimum atomic E-state index is -0.173. The SMILES string of the molecule is CC[N+]12CCC[C@]34CC(C(=O)OC)[C@@]5(Nc6ccccc6C5(CC1)C32)C4C. The molecule has 6 rings (SSSR count). The molecule has 2 bridgehead atoms. The molecule has 1 aromatic carbocycles. The fourth-order valence-electron chi connectivity index (χ4n) is 9.47. The number of benzene rings is 1. The number of fused-ring (bicyclic) bond motifs is 1. The van der Waals surface area contributed by atoms with E-state index in [1.807, 2.05) is 0 Å². The second-order valence-corrected chi connectivity index (χ2v) is 9.98. The number of carbonyl (C=O) groups is 1. The molecule has 7 atom stereocenters. The Morgan fingerprint density at radius 3 is 2.89 bits per heavy atom. The summed E-state index contributed by atoms with van der Waals surface area (Å²) in [4.78, 5) is 13.1. The van der Waals surface area contributed by atoms with E-state index in [0.717, 1.165) is 6.42 Å². The molecule has 144 valence electrons. The molecule has 3 heterocycles. The number of nitrogens with zero attached hydrogens (tertiary/aromatic N) is 1. The lowest BCUT2D eigenvalue weighted by Crippen LogP contribution is -2.68. The van der Waals surface area contributed by atoms with Gasteiger partial charge in [0.25, 0.3) is 0 Å². The summed E-state index contributed by atoms with van der Waals surface area (Å²) in [6, 6.07) is 9.58. The highest BCUT2D eigenvalue weighted by molar-refractivity contribution is 5.82. The third-order valence-corrected chi connectivity index (χ3v) is 10.0. The first kappa shape index (κ1) is 16.4. The monoisotopic (exact) mass is 367 g/mol. The van der Waals surface area contributed by atoms with Crippen molar-refractivity contribution in [1.82, 2.24) is 0 Å². The molecule has 4 nitrogen and oxygen atoms in total. The van der Waals surface area contributed by atoms with Crippen LogP contribution in [0.1, 0.15) is 45.1 Å². The fourth-order valence-corrected chi connectivity index (χ4v) is 9.47. The van der Waals surface area contributed by atoms with Crippen LogP contribution in [-0.2, 0) is 14.9 Å². The van der Waals surface area contributed by atoms with Gasteiger partial charge in [0.15, 0.2) is 0 Å². The van der Waals surface area contributed by atoms with Crippen molar-refractivity contribution in [2.75, 3.05) is 32.1 Å². The van der Waals surface area contributed by atoms with Crippen LogP contribution in [-0.4, -0.2) is 48.8 Å². The fraction of sp³-hybridized carbons (Fsp3) is 0.696. The predicted molar refractivity (Wildman–Crippen MR) is 104 cm³/mol. The average molecular weight is 368 g/mol. The van der Waals surface area contributed by atoms with E-state index < -0.39 is 0 Å². The van der Waals surface area contributed by atoms with Crippen molar-refractivity contribution >= 4 is 11.7 Å². The number of likely N-dealkylation sites (N-methyl/N-ethyl adjacent to an activating group) is 1. The van der Waals surface area contributed by atoms with Gasteiger partial charge in [-0.3, -0.25) is 4.79 Å². The second kappa shape index (κ2) is 4.71. The van der Waals surface area contributed by atoms with E-state index in [-0.39, 0.29) is 28.3 Å². The number of rotatable bonds is 2. The Morgan fingerprint density at radius 1 is 1.30 bits per heavy atom. The van der Waals surface area contributed by atoms with Gasteiger partial charge < -0.3 is 14.5 Å². The molecule has 1 aromatic rings.